The van der Waals surface area contributed by atoms with Gasteiger partial charge >= 0.3 is 0 Å². The first-order chi connectivity index (χ1) is 8.36. The molecule has 0 aliphatic rings. The number of rotatable bonds is 9. The zero-order chi connectivity index (χ0) is 12.3. The molecule has 0 fully saturated rings. The average Bonchev–Trinajstić information content (AvgIpc) is 2.39. The van der Waals surface area contributed by atoms with Crippen LogP contribution in [0.1, 0.15) is 12.0 Å². The van der Waals surface area contributed by atoms with Crippen LogP contribution < -0.4 is 11.3 Å². The predicted octanol–water partition coefficient (Wildman–Crippen LogP) is 1.11. The lowest BCUT2D eigenvalue weighted by atomic mass is 10.1. The summed E-state index contributed by atoms with van der Waals surface area (Å²) < 4.78 is 10.4. The van der Waals surface area contributed by atoms with Crippen LogP contribution in [0.15, 0.2) is 30.3 Å². The topological polar surface area (TPSA) is 56.5 Å². The predicted molar refractivity (Wildman–Crippen MR) is 68.6 cm³/mol. The highest BCUT2D eigenvalue weighted by molar-refractivity contribution is 5.14. The lowest BCUT2D eigenvalue weighted by Crippen LogP contribution is -2.39. The second-order valence-electron chi connectivity index (χ2n) is 3.96. The van der Waals surface area contributed by atoms with Crippen molar-refractivity contribution in [3.8, 4) is 0 Å². The number of hydrogen-bond acceptors (Lipinski definition) is 4. The molecule has 0 aliphatic heterocycles. The van der Waals surface area contributed by atoms with Crippen molar-refractivity contribution in [2.24, 2.45) is 5.84 Å². The van der Waals surface area contributed by atoms with E-state index in [9.17, 15) is 0 Å². The second-order valence-corrected chi connectivity index (χ2v) is 3.96. The van der Waals surface area contributed by atoms with Crippen molar-refractivity contribution in [3.63, 3.8) is 0 Å². The zero-order valence-electron chi connectivity index (χ0n) is 10.4. The summed E-state index contributed by atoms with van der Waals surface area (Å²) in [7, 11) is 1.66. The summed E-state index contributed by atoms with van der Waals surface area (Å²) in [6.07, 6.45) is 1.97. The van der Waals surface area contributed by atoms with Crippen molar-refractivity contribution in [1.29, 1.82) is 0 Å². The van der Waals surface area contributed by atoms with Crippen LogP contribution in [0.5, 0.6) is 0 Å². The number of methoxy groups -OCH3 is 1. The summed E-state index contributed by atoms with van der Waals surface area (Å²) in [4.78, 5) is 0. The van der Waals surface area contributed by atoms with Gasteiger partial charge in [-0.25, -0.2) is 0 Å². The zero-order valence-corrected chi connectivity index (χ0v) is 10.4. The van der Waals surface area contributed by atoms with Gasteiger partial charge in [0.05, 0.1) is 19.8 Å². The fourth-order valence-corrected chi connectivity index (χ4v) is 1.57. The molecule has 4 heteroatoms. The number of nitrogens with one attached hydrogen (secondary N) is 1. The fourth-order valence-electron chi connectivity index (χ4n) is 1.57. The van der Waals surface area contributed by atoms with E-state index in [1.54, 1.807) is 7.11 Å². The minimum Gasteiger partial charge on any atom is -0.382 e. The van der Waals surface area contributed by atoms with Gasteiger partial charge < -0.3 is 9.47 Å². The van der Waals surface area contributed by atoms with Gasteiger partial charge in [-0.3, -0.25) is 11.3 Å². The van der Waals surface area contributed by atoms with Crippen LogP contribution in [-0.4, -0.2) is 33.0 Å². The molecule has 1 unspecified atom stereocenters. The minimum absolute atomic E-state index is 0.187. The lowest BCUT2D eigenvalue weighted by molar-refractivity contribution is 0.0575. The molecule has 1 rings (SSSR count). The van der Waals surface area contributed by atoms with Crippen molar-refractivity contribution in [2.45, 2.75) is 18.9 Å². The minimum atomic E-state index is 0.187. The van der Waals surface area contributed by atoms with Crippen LogP contribution in [0.25, 0.3) is 0 Å². The summed E-state index contributed by atoms with van der Waals surface area (Å²) in [5, 5.41) is 0. The molecule has 1 aromatic carbocycles. The van der Waals surface area contributed by atoms with E-state index in [-0.39, 0.29) is 6.04 Å². The fraction of sp³-hybridized carbons (Fsp3) is 0.538. The highest BCUT2D eigenvalue weighted by Crippen LogP contribution is 2.04. The SMILES string of the molecule is COCCOCC(CCc1ccccc1)NN. The quantitative estimate of drug-likeness (QED) is 0.384. The normalized spacial score (nSPS) is 12.6. The second kappa shape index (κ2) is 9.13. The van der Waals surface area contributed by atoms with E-state index in [0.29, 0.717) is 19.8 Å². The van der Waals surface area contributed by atoms with E-state index < -0.39 is 0 Å². The van der Waals surface area contributed by atoms with E-state index >= 15 is 0 Å². The Bertz CT molecular complexity index is 280. The molecule has 0 heterocycles. The van der Waals surface area contributed by atoms with E-state index in [1.165, 1.54) is 5.56 Å². The number of hydrazine groups is 1. The molecule has 0 bridgehead atoms. The first-order valence-corrected chi connectivity index (χ1v) is 5.93. The van der Waals surface area contributed by atoms with Crippen LogP contribution in [0.3, 0.4) is 0 Å². The van der Waals surface area contributed by atoms with Crippen molar-refractivity contribution >= 4 is 0 Å². The molecule has 0 saturated heterocycles. The molecule has 0 aliphatic carbocycles. The number of benzene rings is 1. The Morgan fingerprint density at radius 2 is 2.00 bits per heavy atom. The highest BCUT2D eigenvalue weighted by Gasteiger charge is 2.06. The van der Waals surface area contributed by atoms with Gasteiger partial charge in [-0.1, -0.05) is 30.3 Å². The van der Waals surface area contributed by atoms with Gasteiger partial charge in [0.15, 0.2) is 0 Å². The summed E-state index contributed by atoms with van der Waals surface area (Å²) in [5.41, 5.74) is 4.11. The Kier molecular flexibility index (Phi) is 7.58. The Morgan fingerprint density at radius 3 is 2.65 bits per heavy atom. The largest absolute Gasteiger partial charge is 0.382 e. The van der Waals surface area contributed by atoms with Gasteiger partial charge in [-0.05, 0) is 18.4 Å². The molecule has 3 N–H and O–H groups in total. The van der Waals surface area contributed by atoms with E-state index in [1.807, 2.05) is 6.07 Å². The van der Waals surface area contributed by atoms with Crippen molar-refractivity contribution in [2.75, 3.05) is 26.9 Å². The third-order valence-corrected chi connectivity index (χ3v) is 2.61. The molecule has 1 atom stereocenters. The number of hydrogen-bond donors (Lipinski definition) is 2. The molecule has 0 aromatic heterocycles. The van der Waals surface area contributed by atoms with Gasteiger partial charge in [0.1, 0.15) is 0 Å². The van der Waals surface area contributed by atoms with Gasteiger partial charge in [0.2, 0.25) is 0 Å². The Hall–Kier alpha value is -0.940. The van der Waals surface area contributed by atoms with E-state index in [2.05, 4.69) is 29.7 Å². The third kappa shape index (κ3) is 6.38. The number of ether oxygens (including phenoxy) is 2. The van der Waals surface area contributed by atoms with E-state index in [4.69, 9.17) is 15.3 Å². The molecular formula is C13H22N2O2. The van der Waals surface area contributed by atoms with Gasteiger partial charge in [0, 0.05) is 13.2 Å². The summed E-state index contributed by atoms with van der Waals surface area (Å²) >= 11 is 0. The van der Waals surface area contributed by atoms with Crippen LogP contribution in [0, 0.1) is 0 Å². The maximum Gasteiger partial charge on any atom is 0.0701 e. The average molecular weight is 238 g/mol. The third-order valence-electron chi connectivity index (χ3n) is 2.61. The summed E-state index contributed by atoms with van der Waals surface area (Å²) in [6, 6.07) is 10.6. The van der Waals surface area contributed by atoms with Gasteiger partial charge in [-0.2, -0.15) is 0 Å². The van der Waals surface area contributed by atoms with Crippen LogP contribution in [-0.2, 0) is 15.9 Å². The lowest BCUT2D eigenvalue weighted by Gasteiger charge is -2.15. The Balaban J connectivity index is 2.18. The maximum atomic E-state index is 5.49. The summed E-state index contributed by atoms with van der Waals surface area (Å²) in [5.74, 6) is 5.49. The van der Waals surface area contributed by atoms with Crippen LogP contribution in [0.2, 0.25) is 0 Å². The molecule has 0 spiro atoms. The first-order valence-electron chi connectivity index (χ1n) is 5.93. The molecule has 0 amide bonds. The van der Waals surface area contributed by atoms with E-state index in [0.717, 1.165) is 12.8 Å². The number of aryl methyl sites for hydroxylation is 1. The molecular weight excluding hydrogens is 216 g/mol. The van der Waals surface area contributed by atoms with Crippen molar-refractivity contribution < 1.29 is 9.47 Å². The Morgan fingerprint density at radius 1 is 1.24 bits per heavy atom. The highest BCUT2D eigenvalue weighted by atomic mass is 16.5. The molecule has 4 nitrogen and oxygen atoms in total. The van der Waals surface area contributed by atoms with Gasteiger partial charge in [0.25, 0.3) is 0 Å². The molecule has 0 radical (unpaired) electrons. The number of nitrogens with two attached hydrogens (primary N) is 1. The smallest absolute Gasteiger partial charge is 0.0701 e. The van der Waals surface area contributed by atoms with Crippen molar-refractivity contribution in [1.82, 2.24) is 5.43 Å². The molecule has 96 valence electrons. The van der Waals surface area contributed by atoms with Gasteiger partial charge in [-0.15, -0.1) is 0 Å². The monoisotopic (exact) mass is 238 g/mol. The van der Waals surface area contributed by atoms with Crippen molar-refractivity contribution in [3.05, 3.63) is 35.9 Å². The molecule has 17 heavy (non-hydrogen) atoms. The first kappa shape index (κ1) is 14.1. The van der Waals surface area contributed by atoms with Crippen LogP contribution >= 0.6 is 0 Å². The standard InChI is InChI=1S/C13H22N2O2/c1-16-9-10-17-11-13(15-14)8-7-12-5-3-2-4-6-12/h2-6,13,15H,7-11,14H2,1H3. The van der Waals surface area contributed by atoms with Crippen LogP contribution in [0.4, 0.5) is 0 Å². The maximum absolute atomic E-state index is 5.49. The summed E-state index contributed by atoms with van der Waals surface area (Å²) in [6.45, 7) is 1.85. The molecule has 1 aromatic rings. The Labute approximate surface area is 103 Å². The molecule has 0 saturated carbocycles.